The molecule has 0 N–H and O–H groups in total. The molecule has 0 saturated carbocycles. The molecule has 1 aliphatic heterocycles. The maximum absolute atomic E-state index is 4.19. The fraction of sp³-hybridized carbons (Fsp3) is 0.750. The van der Waals surface area contributed by atoms with Crippen LogP contribution in [-0.2, 0) is 0 Å². The Labute approximate surface area is 55.7 Å². The number of hydrogen-bond acceptors (Lipinski definition) is 2. The molecule has 1 rings (SSSR count). The molecule has 0 aliphatic carbocycles. The number of halogens is 1. The summed E-state index contributed by atoms with van der Waals surface area (Å²) in [5.41, 5.74) is 0. The molecule has 0 bridgehead atoms. The van der Waals surface area contributed by atoms with Crippen LogP contribution < -0.4 is 0 Å². The van der Waals surface area contributed by atoms with E-state index in [0.717, 1.165) is 9.71 Å². The van der Waals surface area contributed by atoms with E-state index in [2.05, 4.69) is 27.8 Å². The fourth-order valence-electron chi connectivity index (χ4n) is 0.437. The molecule has 0 aromatic heterocycles. The van der Waals surface area contributed by atoms with Crippen molar-refractivity contribution < 1.29 is 0 Å². The molecule has 0 aromatic rings. The monoisotopic (exact) mass is 179 g/mol. The van der Waals surface area contributed by atoms with Crippen LogP contribution in [0.5, 0.6) is 0 Å². The normalized spacial score (nSPS) is 30.6. The van der Waals surface area contributed by atoms with Crippen LogP contribution in [0.25, 0.3) is 0 Å². The molecule has 0 amide bonds. The number of rotatable bonds is 0. The number of thioether (sulfide) groups is 1. The lowest BCUT2D eigenvalue weighted by Gasteiger charge is -1.87. The molecule has 0 saturated heterocycles. The number of hydrogen-bond donors (Lipinski definition) is 0. The lowest BCUT2D eigenvalue weighted by molar-refractivity contribution is 0.867. The summed E-state index contributed by atoms with van der Waals surface area (Å²) in [7, 11) is 0. The smallest absolute Gasteiger partial charge is 0.134 e. The second-order valence-corrected chi connectivity index (χ2v) is 3.83. The molecular formula is C4H6BrNS. The van der Waals surface area contributed by atoms with Gasteiger partial charge in [-0.05, 0) is 22.9 Å². The summed E-state index contributed by atoms with van der Waals surface area (Å²) < 4.78 is 1.06. The van der Waals surface area contributed by atoms with Gasteiger partial charge in [-0.15, -0.1) is 0 Å². The molecule has 0 fully saturated rings. The van der Waals surface area contributed by atoms with Crippen molar-refractivity contribution in [2.75, 3.05) is 5.75 Å². The van der Waals surface area contributed by atoms with E-state index in [-0.39, 0.29) is 0 Å². The molecule has 0 radical (unpaired) electrons. The van der Waals surface area contributed by atoms with Gasteiger partial charge in [-0.25, -0.2) is 0 Å². The molecule has 1 atom stereocenters. The van der Waals surface area contributed by atoms with Gasteiger partial charge in [-0.3, -0.25) is 4.99 Å². The summed E-state index contributed by atoms with van der Waals surface area (Å²) in [5.74, 6) is 1.14. The Morgan fingerprint density at radius 2 is 2.71 bits per heavy atom. The van der Waals surface area contributed by atoms with E-state index in [1.807, 2.05) is 0 Å². The van der Waals surface area contributed by atoms with Gasteiger partial charge >= 0.3 is 0 Å². The predicted octanol–water partition coefficient (Wildman–Crippen LogP) is 1.87. The van der Waals surface area contributed by atoms with E-state index in [9.17, 15) is 0 Å². The van der Waals surface area contributed by atoms with E-state index in [0.29, 0.717) is 6.04 Å². The summed E-state index contributed by atoms with van der Waals surface area (Å²) in [6.45, 7) is 2.11. The highest BCUT2D eigenvalue weighted by Crippen LogP contribution is 2.20. The predicted molar refractivity (Wildman–Crippen MR) is 38.3 cm³/mol. The minimum atomic E-state index is 0.527. The van der Waals surface area contributed by atoms with Crippen LogP contribution in [0.3, 0.4) is 0 Å². The third-order valence-corrected chi connectivity index (χ3v) is 2.65. The van der Waals surface area contributed by atoms with Crippen molar-refractivity contribution in [3.05, 3.63) is 0 Å². The quantitative estimate of drug-likeness (QED) is 0.554. The molecule has 40 valence electrons. The van der Waals surface area contributed by atoms with Crippen LogP contribution in [0.1, 0.15) is 6.92 Å². The Morgan fingerprint density at radius 3 is 2.86 bits per heavy atom. The highest BCUT2D eigenvalue weighted by Gasteiger charge is 2.09. The first kappa shape index (κ1) is 5.63. The molecule has 1 heterocycles. The molecule has 0 spiro atoms. The Kier molecular flexibility index (Phi) is 1.75. The van der Waals surface area contributed by atoms with Gasteiger partial charge in [0.15, 0.2) is 0 Å². The molecule has 1 aliphatic rings. The molecular weight excluding hydrogens is 174 g/mol. The first-order chi connectivity index (χ1) is 3.29. The van der Waals surface area contributed by atoms with Crippen LogP contribution in [0.4, 0.5) is 0 Å². The van der Waals surface area contributed by atoms with Gasteiger partial charge in [0.25, 0.3) is 0 Å². The van der Waals surface area contributed by atoms with Crippen LogP contribution in [0, 0.1) is 0 Å². The second-order valence-electron chi connectivity index (χ2n) is 1.54. The van der Waals surface area contributed by atoms with Crippen molar-refractivity contribution in [3.8, 4) is 0 Å². The summed E-state index contributed by atoms with van der Waals surface area (Å²) in [6, 6.07) is 0.527. The number of nitrogens with zero attached hydrogens (tertiary/aromatic N) is 1. The Morgan fingerprint density at radius 1 is 2.00 bits per heavy atom. The zero-order valence-electron chi connectivity index (χ0n) is 4.02. The van der Waals surface area contributed by atoms with Gasteiger partial charge in [0, 0.05) is 5.75 Å². The maximum atomic E-state index is 4.19. The van der Waals surface area contributed by atoms with Crippen molar-refractivity contribution in [2.24, 2.45) is 4.99 Å². The zero-order valence-corrected chi connectivity index (χ0v) is 6.42. The minimum absolute atomic E-state index is 0.527. The maximum Gasteiger partial charge on any atom is 0.134 e. The Hall–Kier alpha value is 0.500. The van der Waals surface area contributed by atoms with E-state index in [1.54, 1.807) is 11.8 Å². The third-order valence-electron chi connectivity index (χ3n) is 0.766. The highest BCUT2D eigenvalue weighted by molar-refractivity contribution is 9.22. The topological polar surface area (TPSA) is 12.4 Å². The van der Waals surface area contributed by atoms with Gasteiger partial charge < -0.3 is 0 Å². The van der Waals surface area contributed by atoms with E-state index >= 15 is 0 Å². The van der Waals surface area contributed by atoms with E-state index in [1.165, 1.54) is 0 Å². The summed E-state index contributed by atoms with van der Waals surface area (Å²) >= 11 is 5.06. The highest BCUT2D eigenvalue weighted by atomic mass is 79.9. The summed E-state index contributed by atoms with van der Waals surface area (Å²) in [5, 5.41) is 0. The van der Waals surface area contributed by atoms with Crippen molar-refractivity contribution in [1.29, 1.82) is 0 Å². The van der Waals surface area contributed by atoms with Gasteiger partial charge in [-0.2, -0.15) is 0 Å². The van der Waals surface area contributed by atoms with E-state index in [4.69, 9.17) is 0 Å². The molecule has 0 aromatic carbocycles. The van der Waals surface area contributed by atoms with Crippen molar-refractivity contribution in [2.45, 2.75) is 13.0 Å². The second kappa shape index (κ2) is 2.18. The van der Waals surface area contributed by atoms with Gasteiger partial charge in [-0.1, -0.05) is 11.8 Å². The molecule has 1 unspecified atom stereocenters. The minimum Gasteiger partial charge on any atom is -0.267 e. The first-order valence-electron chi connectivity index (χ1n) is 2.15. The average molecular weight is 180 g/mol. The molecule has 3 heteroatoms. The van der Waals surface area contributed by atoms with Crippen LogP contribution in [0.15, 0.2) is 4.99 Å². The summed E-state index contributed by atoms with van der Waals surface area (Å²) in [6.07, 6.45) is 0. The van der Waals surface area contributed by atoms with Gasteiger partial charge in [0.2, 0.25) is 0 Å². The molecule has 1 nitrogen and oxygen atoms in total. The lowest BCUT2D eigenvalue weighted by atomic mass is 10.4. The third kappa shape index (κ3) is 1.46. The van der Waals surface area contributed by atoms with Gasteiger partial charge in [0.05, 0.1) is 6.04 Å². The largest absolute Gasteiger partial charge is 0.267 e. The van der Waals surface area contributed by atoms with E-state index < -0.39 is 0 Å². The lowest BCUT2D eigenvalue weighted by Crippen LogP contribution is -1.92. The Balaban J connectivity index is 2.50. The van der Waals surface area contributed by atoms with Crippen LogP contribution in [0.2, 0.25) is 0 Å². The van der Waals surface area contributed by atoms with Crippen molar-refractivity contribution >= 4 is 31.6 Å². The van der Waals surface area contributed by atoms with Crippen LogP contribution in [-0.4, -0.2) is 15.7 Å². The van der Waals surface area contributed by atoms with Crippen LogP contribution >= 0.6 is 27.7 Å². The first-order valence-corrected chi connectivity index (χ1v) is 3.93. The SMILES string of the molecule is CC1CSC(Br)=N1. The van der Waals surface area contributed by atoms with Crippen molar-refractivity contribution in [1.82, 2.24) is 0 Å². The Bertz CT molecular complexity index is 102. The zero-order chi connectivity index (χ0) is 5.28. The molecule has 7 heavy (non-hydrogen) atoms. The van der Waals surface area contributed by atoms with Gasteiger partial charge in [0.1, 0.15) is 3.95 Å². The fourth-order valence-corrected chi connectivity index (χ4v) is 1.89. The standard InChI is InChI=1S/C4H6BrNS/c1-3-2-7-4(5)6-3/h3H,2H2,1H3. The average Bonchev–Trinajstić information content (AvgIpc) is 1.87. The summed E-state index contributed by atoms with van der Waals surface area (Å²) in [4.78, 5) is 4.19. The number of aliphatic imine (C=N–C) groups is 1. The van der Waals surface area contributed by atoms with Crippen molar-refractivity contribution in [3.63, 3.8) is 0 Å².